The number of fused-ring (bicyclic) bond motifs is 3. The normalized spacial score (nSPS) is 23.6. The third kappa shape index (κ3) is 5.13. The lowest BCUT2D eigenvalue weighted by Gasteiger charge is -2.50. The minimum atomic E-state index is -2.71. The number of phenols is 1. The van der Waals surface area contributed by atoms with Crippen LogP contribution in [0.3, 0.4) is 0 Å². The van der Waals surface area contributed by atoms with Crippen molar-refractivity contribution in [3.05, 3.63) is 99.6 Å². The molecule has 12 heteroatoms. The molecular formula is C36H36FN3O8. The van der Waals surface area contributed by atoms with Gasteiger partial charge in [-0.05, 0) is 85.4 Å². The van der Waals surface area contributed by atoms with Gasteiger partial charge < -0.3 is 36.2 Å². The van der Waals surface area contributed by atoms with Gasteiger partial charge in [-0.1, -0.05) is 24.3 Å². The van der Waals surface area contributed by atoms with E-state index in [1.807, 2.05) is 18.2 Å². The number of hydrogen-bond donors (Lipinski definition) is 6. The number of aliphatic hydroxyl groups is 3. The van der Waals surface area contributed by atoms with Crippen molar-refractivity contribution in [2.75, 3.05) is 21.2 Å². The molecule has 11 nitrogen and oxygen atoms in total. The Balaban J connectivity index is 1.43. The zero-order valence-electron chi connectivity index (χ0n) is 26.6. The first kappa shape index (κ1) is 32.9. The smallest absolute Gasteiger partial charge is 0.255 e. The molecular weight excluding hydrogens is 621 g/mol. The maximum atomic E-state index is 14.1. The molecule has 3 aromatic carbocycles. The van der Waals surface area contributed by atoms with Crippen LogP contribution in [0.1, 0.15) is 28.7 Å². The van der Waals surface area contributed by atoms with Gasteiger partial charge in [0.15, 0.2) is 11.4 Å². The second-order valence-electron chi connectivity index (χ2n) is 12.7. The number of methoxy groups -OCH3 is 1. The first-order chi connectivity index (χ1) is 22.8. The Bertz CT molecular complexity index is 1940. The zero-order valence-corrected chi connectivity index (χ0v) is 26.6. The summed E-state index contributed by atoms with van der Waals surface area (Å²) in [6.45, 7) is 0.866. The Labute approximate surface area is 275 Å². The van der Waals surface area contributed by atoms with Crippen LogP contribution in [0.5, 0.6) is 11.5 Å². The molecule has 0 saturated heterocycles. The number of nitrogens with one attached hydrogen (secondary N) is 1. The molecule has 0 heterocycles. The summed E-state index contributed by atoms with van der Waals surface area (Å²) < 4.78 is 19.3. The molecule has 4 unspecified atom stereocenters. The summed E-state index contributed by atoms with van der Waals surface area (Å²) in [4.78, 5) is 41.2. The molecule has 0 bridgehead atoms. The number of primary amides is 1. The summed E-state index contributed by atoms with van der Waals surface area (Å²) in [7, 11) is 4.62. The number of nitrogens with zero attached hydrogens (tertiary/aromatic N) is 1. The van der Waals surface area contributed by atoms with Gasteiger partial charge >= 0.3 is 0 Å². The fourth-order valence-corrected chi connectivity index (χ4v) is 7.57. The molecule has 0 spiro atoms. The van der Waals surface area contributed by atoms with Crippen molar-refractivity contribution in [3.8, 4) is 22.6 Å². The highest BCUT2D eigenvalue weighted by Crippen LogP contribution is 2.54. The van der Waals surface area contributed by atoms with E-state index in [4.69, 9.17) is 10.5 Å². The van der Waals surface area contributed by atoms with E-state index >= 15 is 0 Å². The molecule has 7 N–H and O–H groups in total. The number of ether oxygens (including phenoxy) is 1. The molecule has 0 aromatic heterocycles. The van der Waals surface area contributed by atoms with Crippen LogP contribution in [-0.2, 0) is 33.9 Å². The minimum absolute atomic E-state index is 0.0134. The molecule has 1 amide bonds. The quantitative estimate of drug-likeness (QED) is 0.197. The van der Waals surface area contributed by atoms with Crippen molar-refractivity contribution < 1.29 is 43.9 Å². The highest BCUT2D eigenvalue weighted by atomic mass is 19.1. The number of likely N-dealkylation sites (N-methyl/N-ethyl adjacent to an activating group) is 1. The number of hydrogen-bond acceptors (Lipinski definition) is 10. The number of aromatic hydroxyl groups is 1. The van der Waals surface area contributed by atoms with Crippen LogP contribution in [0, 0.1) is 17.7 Å². The average molecular weight is 658 g/mol. The number of nitrogens with two attached hydrogens (primary N) is 1. The van der Waals surface area contributed by atoms with Gasteiger partial charge in [-0.15, -0.1) is 0 Å². The Morgan fingerprint density at radius 3 is 2.40 bits per heavy atom. The molecule has 0 radical (unpaired) electrons. The fraction of sp³-hybridized carbons (Fsp3) is 0.306. The summed E-state index contributed by atoms with van der Waals surface area (Å²) in [6.07, 6.45) is 0.103. The lowest BCUT2D eigenvalue weighted by molar-refractivity contribution is -0.153. The Morgan fingerprint density at radius 1 is 1.04 bits per heavy atom. The monoisotopic (exact) mass is 657 g/mol. The summed E-state index contributed by atoms with van der Waals surface area (Å²) in [5.74, 6) is -6.91. The number of benzene rings is 3. The second kappa shape index (κ2) is 12.2. The van der Waals surface area contributed by atoms with Crippen molar-refractivity contribution in [2.45, 2.75) is 37.6 Å². The van der Waals surface area contributed by atoms with Gasteiger partial charge in [0.05, 0.1) is 18.7 Å². The van der Waals surface area contributed by atoms with Crippen LogP contribution in [0.15, 0.2) is 71.5 Å². The fourth-order valence-electron chi connectivity index (χ4n) is 7.57. The van der Waals surface area contributed by atoms with Crippen molar-refractivity contribution >= 4 is 23.2 Å². The summed E-state index contributed by atoms with van der Waals surface area (Å²) in [5.41, 5.74) is 5.04. The lowest BCUT2D eigenvalue weighted by Crippen LogP contribution is -2.65. The molecule has 6 rings (SSSR count). The van der Waals surface area contributed by atoms with E-state index in [9.17, 15) is 39.2 Å². The lowest BCUT2D eigenvalue weighted by atomic mass is 9.57. The maximum Gasteiger partial charge on any atom is 0.255 e. The molecule has 1 saturated carbocycles. The zero-order chi connectivity index (χ0) is 34.7. The van der Waals surface area contributed by atoms with Crippen LogP contribution in [-0.4, -0.2) is 75.6 Å². The van der Waals surface area contributed by atoms with Gasteiger partial charge in [0.2, 0.25) is 5.78 Å². The summed E-state index contributed by atoms with van der Waals surface area (Å²) in [5, 5.41) is 48.9. The number of Topliss-reactive ketones (excluding diaryl/α,β-unsaturated/α-hetero) is 2. The number of phenolic OH excluding ortho intramolecular Hbond substituents is 1. The third-order valence-electron chi connectivity index (χ3n) is 9.71. The number of amides is 1. The SMILES string of the molecule is COc1ccc(CNCc2cccc(F)c2)cc1-c1ccc(O)c2c1CC1CC3C(N(C)C)C(=O)C(C(N)=O)=C(O)C3(O)C(=O)C1=C2O. The molecule has 1 fully saturated rings. The molecule has 3 aliphatic rings. The molecule has 4 atom stereocenters. The summed E-state index contributed by atoms with van der Waals surface area (Å²) in [6, 6.07) is 13.8. The number of ketones is 2. The summed E-state index contributed by atoms with van der Waals surface area (Å²) >= 11 is 0. The van der Waals surface area contributed by atoms with E-state index in [0.29, 0.717) is 35.5 Å². The molecule has 3 aliphatic carbocycles. The minimum Gasteiger partial charge on any atom is -0.508 e. The molecule has 48 heavy (non-hydrogen) atoms. The van der Waals surface area contributed by atoms with Crippen LogP contribution < -0.4 is 15.8 Å². The van der Waals surface area contributed by atoms with Crippen LogP contribution in [0.2, 0.25) is 0 Å². The van der Waals surface area contributed by atoms with E-state index in [0.717, 1.165) is 11.1 Å². The predicted molar refractivity (Wildman–Crippen MR) is 173 cm³/mol. The Morgan fingerprint density at radius 2 is 1.75 bits per heavy atom. The maximum absolute atomic E-state index is 14.1. The van der Waals surface area contributed by atoms with Crippen LogP contribution in [0.4, 0.5) is 4.39 Å². The van der Waals surface area contributed by atoms with Gasteiger partial charge in [-0.25, -0.2) is 4.39 Å². The van der Waals surface area contributed by atoms with E-state index in [-0.39, 0.29) is 35.5 Å². The molecule has 0 aliphatic heterocycles. The topological polar surface area (TPSA) is 183 Å². The Hall–Kier alpha value is -5.04. The number of carbonyl (C=O) groups excluding carboxylic acids is 3. The van der Waals surface area contributed by atoms with Crippen molar-refractivity contribution in [1.29, 1.82) is 0 Å². The van der Waals surface area contributed by atoms with Gasteiger partial charge in [-0.2, -0.15) is 0 Å². The van der Waals surface area contributed by atoms with E-state index < -0.39 is 58.0 Å². The van der Waals surface area contributed by atoms with Crippen molar-refractivity contribution in [1.82, 2.24) is 10.2 Å². The third-order valence-corrected chi connectivity index (χ3v) is 9.71. The standard InChI is InChI=1S/C36H36FN3O8/c1-40(2)30-24-14-19-13-23-21(22-12-18(7-10-26(22)48-3)16-39-15-17-5-4-6-20(37)11-17)8-9-25(41)28(23)31(42)27(19)33(44)36(24,47)34(45)29(32(30)43)35(38)46/h4-12,19,24,30,39,41-42,45,47H,13-16H2,1-3H3,(H2,38,46). The van der Waals surface area contributed by atoms with Gasteiger partial charge in [0.1, 0.15) is 34.4 Å². The van der Waals surface area contributed by atoms with Gasteiger partial charge in [0.25, 0.3) is 5.91 Å². The van der Waals surface area contributed by atoms with Crippen LogP contribution >= 0.6 is 0 Å². The number of rotatable bonds is 8. The van der Waals surface area contributed by atoms with E-state index in [1.54, 1.807) is 32.3 Å². The van der Waals surface area contributed by atoms with Crippen molar-refractivity contribution in [3.63, 3.8) is 0 Å². The molecule has 250 valence electrons. The average Bonchev–Trinajstić information content (AvgIpc) is 3.02. The second-order valence-corrected chi connectivity index (χ2v) is 12.7. The van der Waals surface area contributed by atoms with Crippen molar-refractivity contribution in [2.24, 2.45) is 17.6 Å². The largest absolute Gasteiger partial charge is 0.508 e. The predicted octanol–water partition coefficient (Wildman–Crippen LogP) is 3.07. The highest BCUT2D eigenvalue weighted by Gasteiger charge is 2.64. The Kier molecular flexibility index (Phi) is 8.36. The van der Waals surface area contributed by atoms with E-state index in [1.165, 1.54) is 30.2 Å². The van der Waals surface area contributed by atoms with E-state index in [2.05, 4.69) is 5.32 Å². The number of aliphatic hydroxyl groups excluding tert-OH is 2. The first-order valence-electron chi connectivity index (χ1n) is 15.4. The number of carbonyl (C=O) groups is 3. The highest BCUT2D eigenvalue weighted by molar-refractivity contribution is 6.24. The number of halogens is 1. The molecule has 3 aromatic rings. The van der Waals surface area contributed by atoms with Crippen LogP contribution in [0.25, 0.3) is 16.9 Å². The van der Waals surface area contributed by atoms with Gasteiger partial charge in [0, 0.05) is 30.1 Å². The van der Waals surface area contributed by atoms with Gasteiger partial charge in [-0.3, -0.25) is 19.3 Å². The first-order valence-corrected chi connectivity index (χ1v) is 15.4.